The number of halogens is 1. The number of non-ortho nitro benzene ring substituents is 1. The lowest BCUT2D eigenvalue weighted by Crippen LogP contribution is -1.86. The Kier molecular flexibility index (Phi) is 4.67. The largest absolute Gasteiger partial charge is 0.269 e. The number of hydrogen-bond acceptors (Lipinski definition) is 2. The molecule has 0 amide bonds. The SMILES string of the molecule is C/C(I)=C/C(C)=C/c1ccc([N+](=O)[O-])cc1. The van der Waals surface area contributed by atoms with Gasteiger partial charge < -0.3 is 0 Å². The Labute approximate surface area is 108 Å². The Hall–Kier alpha value is -1.17. The zero-order valence-corrected chi connectivity index (χ0v) is 11.3. The summed E-state index contributed by atoms with van der Waals surface area (Å²) >= 11 is 2.25. The summed E-state index contributed by atoms with van der Waals surface area (Å²) in [6.45, 7) is 4.03. The van der Waals surface area contributed by atoms with E-state index >= 15 is 0 Å². The minimum Gasteiger partial charge on any atom is -0.258 e. The molecule has 0 aromatic heterocycles. The molecule has 0 N–H and O–H groups in total. The molecule has 0 heterocycles. The summed E-state index contributed by atoms with van der Waals surface area (Å²) in [6.07, 6.45) is 4.05. The van der Waals surface area contributed by atoms with Crippen LogP contribution >= 0.6 is 22.6 Å². The van der Waals surface area contributed by atoms with E-state index in [-0.39, 0.29) is 5.69 Å². The van der Waals surface area contributed by atoms with E-state index in [4.69, 9.17) is 0 Å². The molecular formula is C12H12INO2. The highest BCUT2D eigenvalue weighted by Gasteiger charge is 2.02. The normalized spacial score (nSPS) is 12.7. The van der Waals surface area contributed by atoms with Gasteiger partial charge in [0.1, 0.15) is 0 Å². The van der Waals surface area contributed by atoms with Crippen molar-refractivity contribution in [3.05, 3.63) is 55.2 Å². The van der Waals surface area contributed by atoms with Gasteiger partial charge in [-0.2, -0.15) is 0 Å². The Morgan fingerprint density at radius 3 is 2.31 bits per heavy atom. The van der Waals surface area contributed by atoms with Gasteiger partial charge in [0.15, 0.2) is 0 Å². The van der Waals surface area contributed by atoms with E-state index in [2.05, 4.69) is 28.7 Å². The summed E-state index contributed by atoms with van der Waals surface area (Å²) in [5.74, 6) is 0. The highest BCUT2D eigenvalue weighted by Crippen LogP contribution is 2.16. The van der Waals surface area contributed by atoms with Crippen molar-refractivity contribution in [2.75, 3.05) is 0 Å². The van der Waals surface area contributed by atoms with Crippen molar-refractivity contribution in [3.63, 3.8) is 0 Å². The highest BCUT2D eigenvalue weighted by atomic mass is 127. The van der Waals surface area contributed by atoms with E-state index in [1.54, 1.807) is 12.1 Å². The van der Waals surface area contributed by atoms with Crippen LogP contribution in [-0.2, 0) is 0 Å². The highest BCUT2D eigenvalue weighted by molar-refractivity contribution is 14.1. The number of nitrogens with zero attached hydrogens (tertiary/aromatic N) is 1. The van der Waals surface area contributed by atoms with Crippen molar-refractivity contribution in [3.8, 4) is 0 Å². The molecule has 0 aliphatic heterocycles. The first-order chi connectivity index (χ1) is 7.49. The smallest absolute Gasteiger partial charge is 0.258 e. The van der Waals surface area contributed by atoms with E-state index in [0.29, 0.717) is 0 Å². The summed E-state index contributed by atoms with van der Waals surface area (Å²) in [6, 6.07) is 6.52. The molecule has 0 fully saturated rings. The van der Waals surface area contributed by atoms with Crippen LogP contribution in [0.1, 0.15) is 19.4 Å². The number of rotatable bonds is 3. The molecule has 0 spiro atoms. The van der Waals surface area contributed by atoms with Crippen LogP contribution in [0.15, 0.2) is 39.5 Å². The van der Waals surface area contributed by atoms with Gasteiger partial charge in [0.2, 0.25) is 0 Å². The van der Waals surface area contributed by atoms with E-state index in [1.165, 1.54) is 15.7 Å². The minimum absolute atomic E-state index is 0.121. The van der Waals surface area contributed by atoms with Gasteiger partial charge in [0.05, 0.1) is 4.92 Å². The van der Waals surface area contributed by atoms with Crippen molar-refractivity contribution in [2.24, 2.45) is 0 Å². The summed E-state index contributed by atoms with van der Waals surface area (Å²) in [4.78, 5) is 10.1. The predicted molar refractivity (Wildman–Crippen MR) is 74.5 cm³/mol. The fourth-order valence-corrected chi connectivity index (χ4v) is 1.80. The van der Waals surface area contributed by atoms with Gasteiger partial charge in [0.25, 0.3) is 5.69 Å². The molecule has 0 saturated heterocycles. The van der Waals surface area contributed by atoms with E-state index < -0.39 is 4.92 Å². The van der Waals surface area contributed by atoms with Gasteiger partial charge in [-0.15, -0.1) is 0 Å². The fourth-order valence-electron chi connectivity index (χ4n) is 1.31. The zero-order valence-electron chi connectivity index (χ0n) is 9.11. The molecule has 0 saturated carbocycles. The Morgan fingerprint density at radius 1 is 1.31 bits per heavy atom. The maximum Gasteiger partial charge on any atom is 0.269 e. The molecule has 0 aliphatic carbocycles. The van der Waals surface area contributed by atoms with Crippen LogP contribution in [0.25, 0.3) is 6.08 Å². The standard InChI is InChI=1S/C12H12INO2/c1-9(7-10(2)13)8-11-3-5-12(6-4-11)14(15)16/h3-8H,1-2H3/b9-8+,10-7-. The second-order valence-electron chi connectivity index (χ2n) is 3.47. The topological polar surface area (TPSA) is 43.1 Å². The first kappa shape index (κ1) is 12.9. The zero-order chi connectivity index (χ0) is 12.1. The number of hydrogen-bond donors (Lipinski definition) is 0. The molecular weight excluding hydrogens is 317 g/mol. The summed E-state index contributed by atoms with van der Waals surface area (Å²) in [7, 11) is 0. The number of allylic oxidation sites excluding steroid dienone is 3. The van der Waals surface area contributed by atoms with E-state index in [0.717, 1.165) is 11.1 Å². The molecule has 0 aliphatic rings. The maximum atomic E-state index is 10.5. The number of nitro benzene ring substituents is 1. The van der Waals surface area contributed by atoms with Crippen LogP contribution < -0.4 is 0 Å². The molecule has 0 atom stereocenters. The van der Waals surface area contributed by atoms with Gasteiger partial charge in [-0.3, -0.25) is 10.1 Å². The van der Waals surface area contributed by atoms with Crippen LogP contribution in [0.3, 0.4) is 0 Å². The maximum absolute atomic E-state index is 10.5. The molecule has 0 bridgehead atoms. The molecule has 0 unspecified atom stereocenters. The molecule has 0 radical (unpaired) electrons. The van der Waals surface area contributed by atoms with Gasteiger partial charge >= 0.3 is 0 Å². The second-order valence-corrected chi connectivity index (χ2v) is 5.17. The second kappa shape index (κ2) is 5.79. The quantitative estimate of drug-likeness (QED) is 0.358. The molecule has 3 nitrogen and oxygen atoms in total. The van der Waals surface area contributed by atoms with Crippen molar-refractivity contribution < 1.29 is 4.92 Å². The first-order valence-corrected chi connectivity index (χ1v) is 5.83. The van der Waals surface area contributed by atoms with Gasteiger partial charge in [0, 0.05) is 12.1 Å². The Bertz CT molecular complexity index is 443. The van der Waals surface area contributed by atoms with Crippen LogP contribution in [0.4, 0.5) is 5.69 Å². The summed E-state index contributed by atoms with van der Waals surface area (Å²) < 4.78 is 1.20. The van der Waals surface area contributed by atoms with Crippen molar-refractivity contribution in [1.29, 1.82) is 0 Å². The first-order valence-electron chi connectivity index (χ1n) is 4.75. The van der Waals surface area contributed by atoms with Crippen molar-refractivity contribution in [2.45, 2.75) is 13.8 Å². The Morgan fingerprint density at radius 2 is 1.88 bits per heavy atom. The lowest BCUT2D eigenvalue weighted by atomic mass is 10.1. The molecule has 84 valence electrons. The molecule has 16 heavy (non-hydrogen) atoms. The monoisotopic (exact) mass is 329 g/mol. The average Bonchev–Trinajstić information content (AvgIpc) is 2.16. The van der Waals surface area contributed by atoms with Gasteiger partial charge in [-0.05, 0) is 63.3 Å². The lowest BCUT2D eigenvalue weighted by molar-refractivity contribution is -0.384. The summed E-state index contributed by atoms with van der Waals surface area (Å²) in [5.41, 5.74) is 2.22. The predicted octanol–water partition coefficient (Wildman–Crippen LogP) is 4.34. The average molecular weight is 329 g/mol. The third kappa shape index (κ3) is 4.14. The minimum atomic E-state index is -0.394. The van der Waals surface area contributed by atoms with Crippen LogP contribution in [0.2, 0.25) is 0 Å². The fraction of sp³-hybridized carbons (Fsp3) is 0.167. The van der Waals surface area contributed by atoms with Gasteiger partial charge in [-0.1, -0.05) is 12.2 Å². The van der Waals surface area contributed by atoms with Gasteiger partial charge in [-0.25, -0.2) is 0 Å². The van der Waals surface area contributed by atoms with E-state index in [9.17, 15) is 10.1 Å². The van der Waals surface area contributed by atoms with Crippen LogP contribution in [0.5, 0.6) is 0 Å². The van der Waals surface area contributed by atoms with E-state index in [1.807, 2.05) is 19.9 Å². The molecule has 4 heteroatoms. The molecule has 1 aromatic carbocycles. The third-order valence-corrected chi connectivity index (χ3v) is 2.24. The van der Waals surface area contributed by atoms with Crippen molar-refractivity contribution in [1.82, 2.24) is 0 Å². The van der Waals surface area contributed by atoms with Crippen LogP contribution in [0, 0.1) is 10.1 Å². The Balaban J connectivity index is 2.91. The molecule has 1 rings (SSSR count). The van der Waals surface area contributed by atoms with Crippen molar-refractivity contribution >= 4 is 34.4 Å². The lowest BCUT2D eigenvalue weighted by Gasteiger charge is -1.96. The molecule has 1 aromatic rings. The third-order valence-electron chi connectivity index (χ3n) is 1.92. The number of nitro groups is 1. The summed E-state index contributed by atoms with van der Waals surface area (Å²) in [5, 5.41) is 10.5. The number of benzene rings is 1. The van der Waals surface area contributed by atoms with Crippen LogP contribution in [-0.4, -0.2) is 4.92 Å².